The lowest BCUT2D eigenvalue weighted by molar-refractivity contribution is 0.590. The van der Waals surface area contributed by atoms with Crippen LogP contribution in [0.5, 0.6) is 0 Å². The summed E-state index contributed by atoms with van der Waals surface area (Å²) in [6.45, 7) is 6.57. The molecule has 0 radical (unpaired) electrons. The van der Waals surface area contributed by atoms with Gasteiger partial charge in [0, 0.05) is 6.04 Å². The van der Waals surface area contributed by atoms with Crippen molar-refractivity contribution in [2.75, 3.05) is 0 Å². The van der Waals surface area contributed by atoms with Crippen LogP contribution in [0.3, 0.4) is 0 Å². The number of benzene rings is 1. The predicted molar refractivity (Wildman–Crippen MR) is 60.1 cm³/mol. The fourth-order valence-corrected chi connectivity index (χ4v) is 2.28. The van der Waals surface area contributed by atoms with Crippen molar-refractivity contribution in [2.24, 2.45) is 17.6 Å². The average molecular weight is 189 g/mol. The summed E-state index contributed by atoms with van der Waals surface area (Å²) in [6, 6.07) is 6.84. The topological polar surface area (TPSA) is 26.0 Å². The minimum Gasteiger partial charge on any atom is -0.324 e. The third-order valence-corrected chi connectivity index (χ3v) is 3.42. The molecule has 0 aromatic heterocycles. The Bertz CT molecular complexity index is 343. The molecule has 1 fully saturated rings. The summed E-state index contributed by atoms with van der Waals surface area (Å²) in [5.74, 6) is 1.54. The van der Waals surface area contributed by atoms with Crippen molar-refractivity contribution in [3.63, 3.8) is 0 Å². The molecule has 76 valence electrons. The molecule has 1 aliphatic rings. The molecule has 1 aliphatic carbocycles. The van der Waals surface area contributed by atoms with Crippen LogP contribution in [0, 0.1) is 25.7 Å². The van der Waals surface area contributed by atoms with E-state index >= 15 is 0 Å². The second-order valence-electron chi connectivity index (χ2n) is 4.76. The normalized spacial score (nSPS) is 27.4. The second kappa shape index (κ2) is 3.39. The largest absolute Gasteiger partial charge is 0.324 e. The van der Waals surface area contributed by atoms with Crippen LogP contribution in [0.15, 0.2) is 18.2 Å². The number of aryl methyl sites for hydroxylation is 2. The highest BCUT2D eigenvalue weighted by Crippen LogP contribution is 2.46. The summed E-state index contributed by atoms with van der Waals surface area (Å²) in [5.41, 5.74) is 10.2. The molecule has 1 aromatic carbocycles. The summed E-state index contributed by atoms with van der Waals surface area (Å²) >= 11 is 0. The molecule has 0 saturated heterocycles. The first-order valence-corrected chi connectivity index (χ1v) is 5.42. The van der Waals surface area contributed by atoms with E-state index in [2.05, 4.69) is 39.0 Å². The second-order valence-corrected chi connectivity index (χ2v) is 4.76. The van der Waals surface area contributed by atoms with E-state index < -0.39 is 0 Å². The number of nitrogens with two attached hydrogens (primary N) is 1. The molecule has 2 rings (SSSR count). The van der Waals surface area contributed by atoms with Gasteiger partial charge in [0.15, 0.2) is 0 Å². The molecule has 0 heterocycles. The van der Waals surface area contributed by atoms with Gasteiger partial charge >= 0.3 is 0 Å². The standard InChI is InChI=1S/C13H19N/c1-8-4-5-11(9(2)6-8)13(14)12-7-10(12)3/h4-6,10,12-13H,7,14H2,1-3H3. The zero-order valence-electron chi connectivity index (χ0n) is 9.25. The Labute approximate surface area is 86.3 Å². The third kappa shape index (κ3) is 1.69. The number of rotatable bonds is 2. The molecule has 3 unspecified atom stereocenters. The Hall–Kier alpha value is -0.820. The highest BCUT2D eigenvalue weighted by atomic mass is 14.7. The van der Waals surface area contributed by atoms with Crippen molar-refractivity contribution in [2.45, 2.75) is 33.2 Å². The smallest absolute Gasteiger partial charge is 0.0328 e. The van der Waals surface area contributed by atoms with E-state index in [0.29, 0.717) is 0 Å². The minimum absolute atomic E-state index is 0.255. The maximum absolute atomic E-state index is 6.24. The molecule has 0 bridgehead atoms. The molecule has 14 heavy (non-hydrogen) atoms. The van der Waals surface area contributed by atoms with Crippen LogP contribution in [0.1, 0.15) is 36.1 Å². The van der Waals surface area contributed by atoms with Gasteiger partial charge in [-0.05, 0) is 43.2 Å². The highest BCUT2D eigenvalue weighted by Gasteiger charge is 2.38. The van der Waals surface area contributed by atoms with Gasteiger partial charge in [-0.25, -0.2) is 0 Å². The van der Waals surface area contributed by atoms with Crippen molar-refractivity contribution in [3.8, 4) is 0 Å². The molecule has 0 spiro atoms. The SMILES string of the molecule is Cc1ccc(C(N)C2CC2C)c(C)c1. The number of hydrogen-bond donors (Lipinski definition) is 1. The van der Waals surface area contributed by atoms with E-state index in [4.69, 9.17) is 5.73 Å². The van der Waals surface area contributed by atoms with Crippen LogP contribution in [-0.2, 0) is 0 Å². The quantitative estimate of drug-likeness (QED) is 0.760. The van der Waals surface area contributed by atoms with Gasteiger partial charge in [0.05, 0.1) is 0 Å². The van der Waals surface area contributed by atoms with E-state index in [1.165, 1.54) is 23.1 Å². The Balaban J connectivity index is 2.23. The Morgan fingerprint density at radius 3 is 2.50 bits per heavy atom. The van der Waals surface area contributed by atoms with Gasteiger partial charge in [0.1, 0.15) is 0 Å². The average Bonchev–Trinajstić information content (AvgIpc) is 2.81. The van der Waals surface area contributed by atoms with Crippen molar-refractivity contribution < 1.29 is 0 Å². The maximum atomic E-state index is 6.24. The molecule has 1 aromatic rings. The third-order valence-electron chi connectivity index (χ3n) is 3.42. The molecule has 1 heteroatoms. The Kier molecular flexibility index (Phi) is 2.36. The van der Waals surface area contributed by atoms with E-state index in [0.717, 1.165) is 11.8 Å². The molecule has 2 N–H and O–H groups in total. The van der Waals surface area contributed by atoms with Crippen molar-refractivity contribution >= 4 is 0 Å². The Morgan fingerprint density at radius 2 is 2.00 bits per heavy atom. The molecular weight excluding hydrogens is 170 g/mol. The minimum atomic E-state index is 0.255. The highest BCUT2D eigenvalue weighted by molar-refractivity contribution is 5.33. The van der Waals surface area contributed by atoms with Crippen LogP contribution < -0.4 is 5.73 Å². The maximum Gasteiger partial charge on any atom is 0.0328 e. The fourth-order valence-electron chi connectivity index (χ4n) is 2.28. The van der Waals surface area contributed by atoms with E-state index in [-0.39, 0.29) is 6.04 Å². The van der Waals surface area contributed by atoms with E-state index in [9.17, 15) is 0 Å². The van der Waals surface area contributed by atoms with Gasteiger partial charge < -0.3 is 5.73 Å². The predicted octanol–water partition coefficient (Wildman–Crippen LogP) is 2.96. The van der Waals surface area contributed by atoms with Crippen LogP contribution in [0.2, 0.25) is 0 Å². The van der Waals surface area contributed by atoms with Gasteiger partial charge in [0.2, 0.25) is 0 Å². The molecule has 0 aliphatic heterocycles. The molecule has 1 saturated carbocycles. The van der Waals surface area contributed by atoms with Gasteiger partial charge in [0.25, 0.3) is 0 Å². The molecule has 0 amide bonds. The van der Waals surface area contributed by atoms with Crippen LogP contribution in [0.4, 0.5) is 0 Å². The van der Waals surface area contributed by atoms with Crippen molar-refractivity contribution in [3.05, 3.63) is 34.9 Å². The Morgan fingerprint density at radius 1 is 1.36 bits per heavy atom. The fraction of sp³-hybridized carbons (Fsp3) is 0.538. The van der Waals surface area contributed by atoms with Crippen LogP contribution in [0.25, 0.3) is 0 Å². The van der Waals surface area contributed by atoms with Gasteiger partial charge in [-0.2, -0.15) is 0 Å². The van der Waals surface area contributed by atoms with Gasteiger partial charge in [-0.3, -0.25) is 0 Å². The molecular formula is C13H19N. The first-order valence-electron chi connectivity index (χ1n) is 5.42. The zero-order chi connectivity index (χ0) is 10.3. The summed E-state index contributed by atoms with van der Waals surface area (Å²) in [4.78, 5) is 0. The van der Waals surface area contributed by atoms with Crippen LogP contribution >= 0.6 is 0 Å². The van der Waals surface area contributed by atoms with Crippen LogP contribution in [-0.4, -0.2) is 0 Å². The summed E-state index contributed by atoms with van der Waals surface area (Å²) < 4.78 is 0. The first-order chi connectivity index (χ1) is 6.59. The first kappa shape index (κ1) is 9.72. The number of hydrogen-bond acceptors (Lipinski definition) is 1. The van der Waals surface area contributed by atoms with Crippen molar-refractivity contribution in [1.82, 2.24) is 0 Å². The monoisotopic (exact) mass is 189 g/mol. The summed E-state index contributed by atoms with van der Waals surface area (Å²) in [5, 5.41) is 0. The van der Waals surface area contributed by atoms with Crippen molar-refractivity contribution in [1.29, 1.82) is 0 Å². The summed E-state index contributed by atoms with van der Waals surface area (Å²) in [6.07, 6.45) is 1.30. The lowest BCUT2D eigenvalue weighted by atomic mass is 9.96. The van der Waals surface area contributed by atoms with E-state index in [1.807, 2.05) is 0 Å². The lowest BCUT2D eigenvalue weighted by Crippen LogP contribution is -2.14. The van der Waals surface area contributed by atoms with E-state index in [1.54, 1.807) is 0 Å². The lowest BCUT2D eigenvalue weighted by Gasteiger charge is -2.14. The zero-order valence-corrected chi connectivity index (χ0v) is 9.25. The van der Waals surface area contributed by atoms with Gasteiger partial charge in [-0.1, -0.05) is 30.7 Å². The van der Waals surface area contributed by atoms with Gasteiger partial charge in [-0.15, -0.1) is 0 Å². The molecule has 1 nitrogen and oxygen atoms in total. The summed E-state index contributed by atoms with van der Waals surface area (Å²) in [7, 11) is 0. The molecule has 3 atom stereocenters.